The smallest absolute Gasteiger partial charge is 0.239 e. The maximum Gasteiger partial charge on any atom is 0.239 e. The molecule has 33 heavy (non-hydrogen) atoms. The molecule has 1 saturated carbocycles. The summed E-state index contributed by atoms with van der Waals surface area (Å²) in [5, 5.41) is 9.27. The molecule has 0 bridgehead atoms. The number of aromatic nitrogens is 3. The van der Waals surface area contributed by atoms with Crippen LogP contribution in [0.25, 0.3) is 17.3 Å². The van der Waals surface area contributed by atoms with Gasteiger partial charge in [0.2, 0.25) is 11.8 Å². The highest BCUT2D eigenvalue weighted by molar-refractivity contribution is 7.99. The normalized spacial score (nSPS) is 12.6. The van der Waals surface area contributed by atoms with E-state index in [0.29, 0.717) is 34.7 Å². The predicted octanol–water partition coefficient (Wildman–Crippen LogP) is 6.45. The van der Waals surface area contributed by atoms with E-state index in [2.05, 4.69) is 27.1 Å². The van der Waals surface area contributed by atoms with Crippen LogP contribution in [0.4, 0.5) is 5.95 Å². The molecule has 7 nitrogen and oxygen atoms in total. The SMILES string of the molecule is COc1cccc(OC)c1-n1c(NSC)nnc1-c1ccco1.Clc1ccc(C2CC2)cc1. The fraction of sp³-hybridized carbons (Fsp3) is 0.250. The van der Waals surface area contributed by atoms with Crippen molar-refractivity contribution in [3.63, 3.8) is 0 Å². The quantitative estimate of drug-likeness (QED) is 0.302. The predicted molar refractivity (Wildman–Crippen MR) is 133 cm³/mol. The lowest BCUT2D eigenvalue weighted by Gasteiger charge is -2.16. The number of anilines is 1. The molecule has 0 aliphatic heterocycles. The van der Waals surface area contributed by atoms with Crippen molar-refractivity contribution >= 4 is 29.5 Å². The Morgan fingerprint density at radius 2 is 1.70 bits per heavy atom. The van der Waals surface area contributed by atoms with Gasteiger partial charge in [-0.2, -0.15) is 0 Å². The first-order chi connectivity index (χ1) is 16.2. The molecule has 1 N–H and O–H groups in total. The van der Waals surface area contributed by atoms with Crippen LogP contribution in [0.1, 0.15) is 24.3 Å². The molecule has 0 atom stereocenters. The highest BCUT2D eigenvalue weighted by Crippen LogP contribution is 2.40. The molecule has 0 spiro atoms. The molecule has 0 amide bonds. The summed E-state index contributed by atoms with van der Waals surface area (Å²) in [6.07, 6.45) is 6.23. The zero-order chi connectivity index (χ0) is 23.2. The van der Waals surface area contributed by atoms with Crippen molar-refractivity contribution in [2.75, 3.05) is 25.2 Å². The number of nitrogens with zero attached hydrogens (tertiary/aromatic N) is 3. The van der Waals surface area contributed by atoms with Crippen LogP contribution in [0.3, 0.4) is 0 Å². The Labute approximate surface area is 202 Å². The molecule has 2 aromatic heterocycles. The van der Waals surface area contributed by atoms with Gasteiger partial charge in [0.1, 0.15) is 17.2 Å². The molecule has 1 aliphatic rings. The van der Waals surface area contributed by atoms with Gasteiger partial charge < -0.3 is 13.9 Å². The fourth-order valence-electron chi connectivity index (χ4n) is 3.42. The Bertz CT molecular complexity index is 1150. The summed E-state index contributed by atoms with van der Waals surface area (Å²) in [5.41, 5.74) is 2.15. The van der Waals surface area contributed by atoms with Crippen molar-refractivity contribution in [2.45, 2.75) is 18.8 Å². The van der Waals surface area contributed by atoms with Crippen molar-refractivity contribution < 1.29 is 13.9 Å². The van der Waals surface area contributed by atoms with Gasteiger partial charge in [0.05, 0.1) is 20.5 Å². The number of halogens is 1. The first-order valence-electron chi connectivity index (χ1n) is 10.4. The summed E-state index contributed by atoms with van der Waals surface area (Å²) in [7, 11) is 3.22. The molecule has 2 heterocycles. The molecule has 1 fully saturated rings. The second-order valence-corrected chi connectivity index (χ2v) is 8.35. The van der Waals surface area contributed by atoms with E-state index in [4.69, 9.17) is 25.5 Å². The van der Waals surface area contributed by atoms with Gasteiger partial charge in [-0.1, -0.05) is 41.7 Å². The van der Waals surface area contributed by atoms with E-state index in [1.807, 2.05) is 47.2 Å². The van der Waals surface area contributed by atoms with E-state index in [-0.39, 0.29) is 0 Å². The fourth-order valence-corrected chi connectivity index (χ4v) is 3.86. The van der Waals surface area contributed by atoms with Gasteiger partial charge in [-0.3, -0.25) is 9.29 Å². The summed E-state index contributed by atoms with van der Waals surface area (Å²) in [5.74, 6) is 3.82. The Balaban J connectivity index is 0.000000214. The third-order valence-corrected chi connectivity index (χ3v) is 5.78. The van der Waals surface area contributed by atoms with Crippen molar-refractivity contribution in [3.05, 3.63) is 71.4 Å². The van der Waals surface area contributed by atoms with Crippen LogP contribution in [-0.4, -0.2) is 35.2 Å². The summed E-state index contributed by atoms with van der Waals surface area (Å²) >= 11 is 7.15. The minimum atomic E-state index is 0.548. The van der Waals surface area contributed by atoms with Crippen LogP contribution in [0.2, 0.25) is 5.02 Å². The van der Waals surface area contributed by atoms with Crippen LogP contribution in [0, 0.1) is 0 Å². The molecule has 0 radical (unpaired) electrons. The van der Waals surface area contributed by atoms with Crippen molar-refractivity contribution in [3.8, 4) is 28.8 Å². The number of nitrogens with one attached hydrogen (secondary N) is 1. The summed E-state index contributed by atoms with van der Waals surface area (Å²) in [6, 6.07) is 17.4. The standard InChI is InChI=1S/C15H16N4O3S.C9H9Cl/c1-20-10-6-4-7-11(21-2)13(10)19-14(12-8-5-9-22-12)16-17-15(19)18-23-3;10-9-5-3-8(4-6-9)7-1-2-7/h4-9H,1-3H3,(H,17,18);3-7H,1-2H2. The van der Waals surface area contributed by atoms with Gasteiger partial charge in [0, 0.05) is 11.3 Å². The number of furan rings is 1. The summed E-state index contributed by atoms with van der Waals surface area (Å²) < 4.78 is 21.4. The first-order valence-corrected chi connectivity index (χ1v) is 12.0. The van der Waals surface area contributed by atoms with E-state index in [0.717, 1.165) is 10.9 Å². The molecule has 0 unspecified atom stereocenters. The molecule has 4 aromatic rings. The molecule has 1 aliphatic carbocycles. The van der Waals surface area contributed by atoms with E-state index in [9.17, 15) is 0 Å². The number of rotatable bonds is 7. The monoisotopic (exact) mass is 484 g/mol. The average Bonchev–Trinajstić information content (AvgIpc) is 3.39. The highest BCUT2D eigenvalue weighted by atomic mass is 35.5. The van der Waals surface area contributed by atoms with Gasteiger partial charge >= 0.3 is 0 Å². The number of benzene rings is 2. The second kappa shape index (κ2) is 10.7. The lowest BCUT2D eigenvalue weighted by atomic mass is 10.1. The maximum absolute atomic E-state index is 5.74. The van der Waals surface area contributed by atoms with Crippen molar-refractivity contribution in [1.29, 1.82) is 0 Å². The third-order valence-electron chi connectivity index (χ3n) is 5.14. The van der Waals surface area contributed by atoms with Gasteiger partial charge in [-0.15, -0.1) is 10.2 Å². The molecular formula is C24H25ClN4O3S. The average molecular weight is 485 g/mol. The van der Waals surface area contributed by atoms with Crippen LogP contribution >= 0.6 is 23.5 Å². The second-order valence-electron chi connectivity index (χ2n) is 7.30. The lowest BCUT2D eigenvalue weighted by Crippen LogP contribution is -2.06. The molecule has 172 valence electrons. The summed E-state index contributed by atoms with van der Waals surface area (Å²) in [4.78, 5) is 0. The Kier molecular flexibility index (Phi) is 7.47. The Morgan fingerprint density at radius 3 is 2.24 bits per heavy atom. The Morgan fingerprint density at radius 1 is 1.00 bits per heavy atom. The zero-order valence-corrected chi connectivity index (χ0v) is 20.2. The van der Waals surface area contributed by atoms with Gasteiger partial charge in [0.25, 0.3) is 0 Å². The minimum Gasteiger partial charge on any atom is -0.494 e. The zero-order valence-electron chi connectivity index (χ0n) is 18.6. The molecule has 2 aromatic carbocycles. The van der Waals surface area contributed by atoms with E-state index >= 15 is 0 Å². The number of para-hydroxylation sites is 1. The van der Waals surface area contributed by atoms with E-state index < -0.39 is 0 Å². The van der Waals surface area contributed by atoms with Gasteiger partial charge in [-0.05, 0) is 60.7 Å². The van der Waals surface area contributed by atoms with Crippen molar-refractivity contribution in [2.24, 2.45) is 0 Å². The van der Waals surface area contributed by atoms with Crippen LogP contribution in [0.15, 0.2) is 65.3 Å². The molecule has 5 rings (SSSR count). The van der Waals surface area contributed by atoms with Gasteiger partial charge in [0.15, 0.2) is 5.76 Å². The number of hydrogen-bond acceptors (Lipinski definition) is 7. The Hall–Kier alpha value is -3.10. The molecule has 0 saturated heterocycles. The number of hydrogen-bond donors (Lipinski definition) is 1. The van der Waals surface area contributed by atoms with Crippen LogP contribution in [-0.2, 0) is 0 Å². The topological polar surface area (TPSA) is 74.3 Å². The van der Waals surface area contributed by atoms with Crippen molar-refractivity contribution in [1.82, 2.24) is 14.8 Å². The van der Waals surface area contributed by atoms with Crippen LogP contribution < -0.4 is 14.2 Å². The third kappa shape index (κ3) is 5.29. The highest BCUT2D eigenvalue weighted by Gasteiger charge is 2.24. The van der Waals surface area contributed by atoms with Gasteiger partial charge in [-0.25, -0.2) is 0 Å². The van der Waals surface area contributed by atoms with E-state index in [1.165, 1.54) is 30.4 Å². The molecular weight excluding hydrogens is 460 g/mol. The maximum atomic E-state index is 5.74. The largest absolute Gasteiger partial charge is 0.494 e. The van der Waals surface area contributed by atoms with E-state index in [1.54, 1.807) is 26.5 Å². The van der Waals surface area contributed by atoms with Crippen LogP contribution in [0.5, 0.6) is 11.5 Å². The minimum absolute atomic E-state index is 0.548. The first kappa shape index (κ1) is 23.1. The summed E-state index contributed by atoms with van der Waals surface area (Å²) in [6.45, 7) is 0. The lowest BCUT2D eigenvalue weighted by molar-refractivity contribution is 0.391. The number of ether oxygens (including phenoxy) is 2. The molecule has 9 heteroatoms. The number of methoxy groups -OCH3 is 2.